The third-order valence-corrected chi connectivity index (χ3v) is 9.07. The van der Waals surface area contributed by atoms with Gasteiger partial charge in [0.2, 0.25) is 0 Å². The molecule has 1 amide bonds. The maximum absolute atomic E-state index is 12.8. The Labute approximate surface area is 205 Å². The summed E-state index contributed by atoms with van der Waals surface area (Å²) in [7, 11) is 0. The fraction of sp³-hybridized carbons (Fsp3) is 0.621. The zero-order chi connectivity index (χ0) is 23.2. The van der Waals surface area contributed by atoms with Gasteiger partial charge in [-0.1, -0.05) is 57.4 Å². The first-order chi connectivity index (χ1) is 16.2. The van der Waals surface area contributed by atoms with Gasteiger partial charge in [-0.3, -0.25) is 4.79 Å². The van der Waals surface area contributed by atoms with Gasteiger partial charge in [0, 0.05) is 24.0 Å². The van der Waals surface area contributed by atoms with Crippen LogP contribution in [0.2, 0.25) is 0 Å². The lowest BCUT2D eigenvalue weighted by Crippen LogP contribution is -2.41. The van der Waals surface area contributed by atoms with Crippen molar-refractivity contribution in [2.75, 3.05) is 26.2 Å². The van der Waals surface area contributed by atoms with Crippen molar-refractivity contribution in [2.24, 2.45) is 0 Å². The molecule has 3 nitrogen and oxygen atoms in total. The molecule has 1 saturated carbocycles. The van der Waals surface area contributed by atoms with Crippen molar-refractivity contribution >= 4 is 17.2 Å². The molecule has 0 unspecified atom stereocenters. The van der Waals surface area contributed by atoms with Crippen molar-refractivity contribution < 1.29 is 4.79 Å². The maximum atomic E-state index is 12.8. The zero-order valence-electron chi connectivity index (χ0n) is 20.9. The summed E-state index contributed by atoms with van der Waals surface area (Å²) in [6.07, 6.45) is 12.0. The predicted molar refractivity (Wildman–Crippen MR) is 141 cm³/mol. The van der Waals surface area contributed by atoms with E-state index in [0.717, 1.165) is 42.4 Å². The molecule has 3 fully saturated rings. The molecule has 2 aliphatic heterocycles. The first-order valence-corrected chi connectivity index (χ1v) is 14.2. The molecule has 1 aromatic heterocycles. The summed E-state index contributed by atoms with van der Waals surface area (Å²) in [5.74, 6) is 0.930. The summed E-state index contributed by atoms with van der Waals surface area (Å²) in [6.45, 7) is 10.4. The number of amides is 1. The Morgan fingerprint density at radius 3 is 2.12 bits per heavy atom. The monoisotopic (exact) mass is 466 g/mol. The van der Waals surface area contributed by atoms with Crippen LogP contribution in [0, 0.1) is 6.92 Å². The highest BCUT2D eigenvalue weighted by molar-refractivity contribution is 7.17. The molecular weight excluding hydrogens is 424 g/mol. The summed E-state index contributed by atoms with van der Waals surface area (Å²) in [5.41, 5.74) is 3.86. The van der Waals surface area contributed by atoms with Gasteiger partial charge < -0.3 is 9.80 Å². The average Bonchev–Trinajstić information content (AvgIpc) is 3.56. The number of aryl methyl sites for hydroxylation is 1. The molecule has 2 saturated heterocycles. The number of thiophene rings is 1. The maximum Gasteiger partial charge on any atom is 0.264 e. The van der Waals surface area contributed by atoms with Gasteiger partial charge in [-0.15, -0.1) is 11.3 Å². The SMILES string of the molecule is CC.Cc1cc(-c2ccc(C3CCN(C4CCCCC4)CC3)cc2)sc1C(=O)N1CCCC1. The summed E-state index contributed by atoms with van der Waals surface area (Å²) < 4.78 is 0. The normalized spacial score (nSPS) is 20.5. The minimum atomic E-state index is 0.229. The lowest BCUT2D eigenvalue weighted by Gasteiger charge is -2.39. The van der Waals surface area contributed by atoms with Gasteiger partial charge in [0.25, 0.3) is 5.91 Å². The van der Waals surface area contributed by atoms with E-state index in [0.29, 0.717) is 5.92 Å². The molecule has 180 valence electrons. The largest absolute Gasteiger partial charge is 0.338 e. The second kappa shape index (κ2) is 11.7. The third-order valence-electron chi connectivity index (χ3n) is 7.79. The molecule has 4 heteroatoms. The lowest BCUT2D eigenvalue weighted by atomic mass is 9.86. The van der Waals surface area contributed by atoms with Crippen LogP contribution in [-0.4, -0.2) is 47.9 Å². The quantitative estimate of drug-likeness (QED) is 0.466. The number of carbonyl (C=O) groups excluding carboxylic acids is 1. The average molecular weight is 467 g/mol. The molecule has 0 atom stereocenters. The summed E-state index contributed by atoms with van der Waals surface area (Å²) in [5, 5.41) is 0. The molecule has 33 heavy (non-hydrogen) atoms. The molecule has 1 aliphatic carbocycles. The highest BCUT2D eigenvalue weighted by atomic mass is 32.1. The van der Waals surface area contributed by atoms with Gasteiger partial charge in [-0.2, -0.15) is 0 Å². The van der Waals surface area contributed by atoms with Gasteiger partial charge in [-0.05, 0) is 87.2 Å². The molecule has 0 bridgehead atoms. The number of hydrogen-bond acceptors (Lipinski definition) is 3. The van der Waals surface area contributed by atoms with Crippen molar-refractivity contribution in [1.82, 2.24) is 9.80 Å². The van der Waals surface area contributed by atoms with Crippen molar-refractivity contribution in [3.8, 4) is 10.4 Å². The van der Waals surface area contributed by atoms with E-state index >= 15 is 0 Å². The number of carbonyl (C=O) groups is 1. The van der Waals surface area contributed by atoms with Crippen LogP contribution in [0.15, 0.2) is 30.3 Å². The van der Waals surface area contributed by atoms with E-state index in [1.54, 1.807) is 11.3 Å². The van der Waals surface area contributed by atoms with Crippen molar-refractivity contribution in [2.45, 2.75) is 90.5 Å². The Bertz CT molecular complexity index is 883. The van der Waals surface area contributed by atoms with Crippen LogP contribution in [0.3, 0.4) is 0 Å². The Balaban J connectivity index is 0.00000126. The molecular formula is C29H42N2OS. The van der Waals surface area contributed by atoms with Crippen LogP contribution in [0.25, 0.3) is 10.4 Å². The van der Waals surface area contributed by atoms with Crippen LogP contribution in [0.1, 0.15) is 98.4 Å². The molecule has 1 aromatic carbocycles. The minimum Gasteiger partial charge on any atom is -0.338 e. The van der Waals surface area contributed by atoms with E-state index in [1.807, 2.05) is 18.7 Å². The number of nitrogens with zero attached hydrogens (tertiary/aromatic N) is 2. The molecule has 2 aromatic rings. The van der Waals surface area contributed by atoms with Crippen LogP contribution in [0.4, 0.5) is 0 Å². The third kappa shape index (κ3) is 5.71. The molecule has 3 heterocycles. The summed E-state index contributed by atoms with van der Waals surface area (Å²) in [6, 6.07) is 12.3. The van der Waals surface area contributed by atoms with E-state index in [2.05, 4.69) is 42.2 Å². The van der Waals surface area contributed by atoms with E-state index in [1.165, 1.54) is 74.0 Å². The second-order valence-corrected chi connectivity index (χ2v) is 10.9. The molecule has 3 aliphatic rings. The van der Waals surface area contributed by atoms with Gasteiger partial charge in [0.15, 0.2) is 0 Å². The van der Waals surface area contributed by atoms with Gasteiger partial charge in [-0.25, -0.2) is 0 Å². The Hall–Kier alpha value is -1.65. The fourth-order valence-corrected chi connectivity index (χ4v) is 7.01. The number of rotatable bonds is 4. The highest BCUT2D eigenvalue weighted by Gasteiger charge is 2.27. The van der Waals surface area contributed by atoms with Gasteiger partial charge in [0.05, 0.1) is 4.88 Å². The Kier molecular flexibility index (Phi) is 8.65. The summed E-state index contributed by atoms with van der Waals surface area (Å²) in [4.78, 5) is 19.8. The van der Waals surface area contributed by atoms with Crippen LogP contribution in [-0.2, 0) is 0 Å². The van der Waals surface area contributed by atoms with Crippen LogP contribution in [0.5, 0.6) is 0 Å². The predicted octanol–water partition coefficient (Wildman–Crippen LogP) is 7.50. The lowest BCUT2D eigenvalue weighted by molar-refractivity contribution is 0.0797. The van der Waals surface area contributed by atoms with E-state index < -0.39 is 0 Å². The van der Waals surface area contributed by atoms with E-state index in [-0.39, 0.29) is 5.91 Å². The van der Waals surface area contributed by atoms with E-state index in [4.69, 9.17) is 0 Å². The number of likely N-dealkylation sites (tertiary alicyclic amines) is 2. The number of benzene rings is 1. The van der Waals surface area contributed by atoms with Gasteiger partial charge in [0.1, 0.15) is 0 Å². The topological polar surface area (TPSA) is 23.6 Å². The first kappa shape index (κ1) is 24.5. The summed E-state index contributed by atoms with van der Waals surface area (Å²) >= 11 is 1.67. The van der Waals surface area contributed by atoms with Crippen molar-refractivity contribution in [3.63, 3.8) is 0 Å². The van der Waals surface area contributed by atoms with Gasteiger partial charge >= 0.3 is 0 Å². The number of piperidine rings is 1. The van der Waals surface area contributed by atoms with Crippen molar-refractivity contribution in [3.05, 3.63) is 46.3 Å². The second-order valence-electron chi connectivity index (χ2n) is 9.85. The molecule has 0 N–H and O–H groups in total. The molecule has 0 spiro atoms. The molecule has 0 radical (unpaired) electrons. The standard InChI is InChI=1S/C27H36N2OS.C2H6/c1-20-19-25(31-26(20)27(30)29-15-5-6-16-29)23-11-9-21(10-12-23)22-13-17-28(18-14-22)24-7-3-2-4-8-24;1-2/h9-12,19,22,24H,2-8,13-18H2,1H3;1-2H3. The number of hydrogen-bond donors (Lipinski definition) is 0. The van der Waals surface area contributed by atoms with Crippen LogP contribution < -0.4 is 0 Å². The fourth-order valence-electron chi connectivity index (χ4n) is 5.86. The highest BCUT2D eigenvalue weighted by Crippen LogP contribution is 2.36. The Morgan fingerprint density at radius 2 is 1.48 bits per heavy atom. The van der Waals surface area contributed by atoms with Crippen LogP contribution >= 0.6 is 11.3 Å². The van der Waals surface area contributed by atoms with E-state index in [9.17, 15) is 4.79 Å². The Morgan fingerprint density at radius 1 is 0.848 bits per heavy atom. The molecule has 5 rings (SSSR count). The first-order valence-electron chi connectivity index (χ1n) is 13.4. The smallest absolute Gasteiger partial charge is 0.264 e. The minimum absolute atomic E-state index is 0.229. The zero-order valence-corrected chi connectivity index (χ0v) is 21.8. The van der Waals surface area contributed by atoms with Crippen molar-refractivity contribution in [1.29, 1.82) is 0 Å².